The minimum Gasteiger partial charge on any atom is -0.494 e. The van der Waals surface area contributed by atoms with E-state index >= 15 is 0 Å². The summed E-state index contributed by atoms with van der Waals surface area (Å²) in [5.41, 5.74) is 1.56. The van der Waals surface area contributed by atoms with Crippen LogP contribution >= 0.6 is 0 Å². The van der Waals surface area contributed by atoms with Crippen LogP contribution in [0.4, 0.5) is 17.2 Å². The Morgan fingerprint density at radius 2 is 1.95 bits per heavy atom. The summed E-state index contributed by atoms with van der Waals surface area (Å²) in [7, 11) is 7.18. The predicted octanol–water partition coefficient (Wildman–Crippen LogP) is -1.73. The molecule has 0 unspecified atom stereocenters. The molecule has 0 radical (unpaired) electrons. The van der Waals surface area contributed by atoms with Gasteiger partial charge in [-0.3, -0.25) is 14.5 Å². The topological polar surface area (TPSA) is 159 Å². The lowest BCUT2D eigenvalue weighted by Crippen LogP contribution is -2.50. The highest BCUT2D eigenvalue weighted by molar-refractivity contribution is 6.60. The summed E-state index contributed by atoms with van der Waals surface area (Å²) in [6, 6.07) is 7.04. The molecular formula is C24H32B3N9O4. The van der Waals surface area contributed by atoms with E-state index in [0.29, 0.717) is 40.9 Å². The van der Waals surface area contributed by atoms with Crippen molar-refractivity contribution in [2.45, 2.75) is 24.6 Å². The van der Waals surface area contributed by atoms with Crippen LogP contribution in [0.1, 0.15) is 29.2 Å². The van der Waals surface area contributed by atoms with Crippen LogP contribution in [0.2, 0.25) is 0 Å². The maximum atomic E-state index is 13.1. The fourth-order valence-electron chi connectivity index (χ4n) is 4.36. The van der Waals surface area contributed by atoms with Gasteiger partial charge in [0.2, 0.25) is 5.91 Å². The molecule has 1 saturated heterocycles. The Balaban J connectivity index is 1.44. The molecule has 0 bridgehead atoms. The molecular weight excluding hydrogens is 511 g/mol. The molecule has 1 saturated carbocycles. The van der Waals surface area contributed by atoms with Gasteiger partial charge in [0.1, 0.15) is 23.5 Å². The predicted molar refractivity (Wildman–Crippen MR) is 157 cm³/mol. The molecule has 1 aliphatic heterocycles. The van der Waals surface area contributed by atoms with E-state index in [9.17, 15) is 9.59 Å². The zero-order valence-corrected chi connectivity index (χ0v) is 23.2. The first-order valence-corrected chi connectivity index (χ1v) is 13.4. The van der Waals surface area contributed by atoms with Gasteiger partial charge in [0.15, 0.2) is 23.1 Å². The smallest absolute Gasteiger partial charge is 0.272 e. The Labute approximate surface area is 234 Å². The molecule has 2 fully saturated rings. The van der Waals surface area contributed by atoms with Crippen molar-refractivity contribution in [2.75, 3.05) is 43.9 Å². The molecule has 2 aromatic heterocycles. The normalized spacial score (nSPS) is 15.8. The molecule has 2 aliphatic rings. The number of piperazine rings is 1. The summed E-state index contributed by atoms with van der Waals surface area (Å²) in [4.78, 5) is 32.3. The van der Waals surface area contributed by atoms with Crippen LogP contribution in [0.15, 0.2) is 28.8 Å². The van der Waals surface area contributed by atoms with Gasteiger partial charge in [0.05, 0.1) is 30.6 Å². The minimum atomic E-state index is -0.493. The van der Waals surface area contributed by atoms with Crippen LogP contribution in [-0.2, 0) is 11.3 Å². The van der Waals surface area contributed by atoms with E-state index in [2.05, 4.69) is 46.5 Å². The molecule has 0 atom stereocenters. The SMILES string of the molecule is BC(B)(B)NC(=O)c1nnc(NC(=O)C2CC2)cc1Nc1cccc(-c2nc(CN3CCNCC3)no2)c1OC. The Bertz CT molecular complexity index is 1390. The lowest BCUT2D eigenvalue weighted by molar-refractivity contribution is -0.117. The summed E-state index contributed by atoms with van der Waals surface area (Å²) in [5, 5.41) is 24.2. The zero-order valence-electron chi connectivity index (χ0n) is 23.2. The van der Waals surface area contributed by atoms with Gasteiger partial charge in [0, 0.05) is 38.2 Å². The summed E-state index contributed by atoms with van der Waals surface area (Å²) >= 11 is 0. The van der Waals surface area contributed by atoms with Gasteiger partial charge in [-0.25, -0.2) is 0 Å². The Hall–Kier alpha value is -3.91. The average molecular weight is 543 g/mol. The molecule has 13 nitrogen and oxygen atoms in total. The number of hydrogen-bond donors (Lipinski definition) is 4. The number of anilines is 3. The van der Waals surface area contributed by atoms with E-state index in [1.165, 1.54) is 0 Å². The zero-order chi connectivity index (χ0) is 28.3. The van der Waals surface area contributed by atoms with Gasteiger partial charge in [-0.15, -0.1) is 10.2 Å². The molecule has 3 aromatic rings. The van der Waals surface area contributed by atoms with Crippen molar-refractivity contribution in [3.8, 4) is 17.2 Å². The maximum Gasteiger partial charge on any atom is 0.272 e. The molecule has 3 heterocycles. The summed E-state index contributed by atoms with van der Waals surface area (Å²) in [6.45, 7) is 4.28. The van der Waals surface area contributed by atoms with Crippen LogP contribution in [0.25, 0.3) is 11.5 Å². The van der Waals surface area contributed by atoms with Crippen LogP contribution in [0.5, 0.6) is 5.75 Å². The molecule has 5 rings (SSSR count). The molecule has 2 amide bonds. The van der Waals surface area contributed by atoms with Crippen molar-refractivity contribution in [1.29, 1.82) is 0 Å². The highest BCUT2D eigenvalue weighted by Gasteiger charge is 2.30. The van der Waals surface area contributed by atoms with Gasteiger partial charge < -0.3 is 30.5 Å². The minimum absolute atomic E-state index is 0.00951. The van der Waals surface area contributed by atoms with Gasteiger partial charge in [-0.1, -0.05) is 11.2 Å². The first-order chi connectivity index (χ1) is 19.2. The molecule has 206 valence electrons. The van der Waals surface area contributed by atoms with Crippen molar-refractivity contribution in [2.24, 2.45) is 5.92 Å². The van der Waals surface area contributed by atoms with E-state index in [-0.39, 0.29) is 23.3 Å². The summed E-state index contributed by atoms with van der Waals surface area (Å²) in [6.07, 6.45) is 1.71. The number of benzene rings is 1. The molecule has 4 N–H and O–H groups in total. The monoisotopic (exact) mass is 543 g/mol. The van der Waals surface area contributed by atoms with E-state index < -0.39 is 11.1 Å². The molecule has 16 heteroatoms. The fraction of sp³-hybridized carbons (Fsp3) is 0.417. The average Bonchev–Trinajstić information content (AvgIpc) is 3.67. The fourth-order valence-corrected chi connectivity index (χ4v) is 4.36. The summed E-state index contributed by atoms with van der Waals surface area (Å²) < 4.78 is 11.4. The number of amides is 2. The summed E-state index contributed by atoms with van der Waals surface area (Å²) in [5.74, 6) is 1.07. The number of aromatic nitrogens is 4. The van der Waals surface area contributed by atoms with E-state index in [4.69, 9.17) is 9.26 Å². The Morgan fingerprint density at radius 1 is 1.18 bits per heavy atom. The van der Waals surface area contributed by atoms with Crippen LogP contribution < -0.4 is 26.0 Å². The van der Waals surface area contributed by atoms with Crippen LogP contribution in [-0.4, -0.2) is 99.1 Å². The van der Waals surface area contributed by atoms with E-state index in [1.807, 2.05) is 35.7 Å². The van der Waals surface area contributed by atoms with E-state index in [0.717, 1.165) is 39.0 Å². The number of nitrogens with one attached hydrogen (secondary N) is 4. The molecule has 0 spiro atoms. The van der Waals surface area contributed by atoms with Gasteiger partial charge in [-0.05, 0) is 30.2 Å². The highest BCUT2D eigenvalue weighted by atomic mass is 16.5. The van der Waals surface area contributed by atoms with Crippen molar-refractivity contribution in [3.63, 3.8) is 0 Å². The van der Waals surface area contributed by atoms with Crippen molar-refractivity contribution in [3.05, 3.63) is 35.8 Å². The third kappa shape index (κ3) is 6.80. The Kier molecular flexibility index (Phi) is 8.08. The van der Waals surface area contributed by atoms with Gasteiger partial charge in [-0.2, -0.15) is 4.98 Å². The number of para-hydroxylation sites is 1. The molecule has 40 heavy (non-hydrogen) atoms. The van der Waals surface area contributed by atoms with Crippen molar-refractivity contribution >= 4 is 52.5 Å². The van der Waals surface area contributed by atoms with E-state index in [1.54, 1.807) is 19.2 Å². The van der Waals surface area contributed by atoms with Gasteiger partial charge in [0.25, 0.3) is 11.8 Å². The Morgan fingerprint density at radius 3 is 2.65 bits per heavy atom. The number of hydrogen-bond acceptors (Lipinski definition) is 11. The van der Waals surface area contributed by atoms with Crippen LogP contribution in [0.3, 0.4) is 0 Å². The third-order valence-electron chi connectivity index (χ3n) is 6.46. The van der Waals surface area contributed by atoms with Crippen LogP contribution in [0, 0.1) is 5.92 Å². The first kappa shape index (κ1) is 27.7. The number of carbonyl (C=O) groups excluding carboxylic acids is 2. The number of rotatable bonds is 10. The van der Waals surface area contributed by atoms with Crippen molar-refractivity contribution < 1.29 is 18.8 Å². The second kappa shape index (κ2) is 11.7. The lowest BCUT2D eigenvalue weighted by Gasteiger charge is -2.25. The van der Waals surface area contributed by atoms with Gasteiger partial charge >= 0.3 is 0 Å². The van der Waals surface area contributed by atoms with Crippen molar-refractivity contribution in [1.82, 2.24) is 35.9 Å². The largest absolute Gasteiger partial charge is 0.494 e. The molecule has 1 aliphatic carbocycles. The number of nitrogens with zero attached hydrogens (tertiary/aromatic N) is 5. The number of ether oxygens (including phenoxy) is 1. The third-order valence-corrected chi connectivity index (χ3v) is 6.46. The standard InChI is InChI=1S/C24H32B3N9O4/c1-39-20-14(23-31-18(35-40-23)12-36-9-7-28-8-10-36)3-2-4-15(20)29-16-11-17(30-21(37)13-5-6-13)33-34-19(16)22(38)32-24(25,26)27/h2-4,11,13,28H,5-10,12,25-27H2,1H3,(H,32,38)(H2,29,30,33,37). The quantitative estimate of drug-likeness (QED) is 0.216. The number of carbonyl (C=O) groups is 2. The second-order valence-electron chi connectivity index (χ2n) is 11.0. The molecule has 1 aromatic carbocycles. The number of methoxy groups -OCH3 is 1. The second-order valence-corrected chi connectivity index (χ2v) is 11.0. The lowest BCUT2D eigenvalue weighted by atomic mass is 9.49. The maximum absolute atomic E-state index is 13.1. The first-order valence-electron chi connectivity index (χ1n) is 13.4. The highest BCUT2D eigenvalue weighted by Crippen LogP contribution is 2.38.